The van der Waals surface area contributed by atoms with Gasteiger partial charge in [-0.2, -0.15) is 5.10 Å². The first-order valence-electron chi connectivity index (χ1n) is 7.12. The summed E-state index contributed by atoms with van der Waals surface area (Å²) in [4.78, 5) is 16.2. The van der Waals surface area contributed by atoms with Gasteiger partial charge in [0, 0.05) is 18.2 Å². The maximum Gasteiger partial charge on any atom is 0.251 e. The fourth-order valence-corrected chi connectivity index (χ4v) is 2.13. The molecule has 6 nitrogen and oxygen atoms in total. The van der Waals surface area contributed by atoms with Crippen LogP contribution in [0.15, 0.2) is 36.9 Å². The number of carbonyl (C=O) groups is 1. The standard InChI is InChI=1S/C15H21N5O/c1-3-17-12(2)8-18-15(21)14-7-5-4-6-13(14)9-20-11-16-10-19-20/h4-7,10-12,17H,3,8-9H2,1-2H3,(H,18,21)/t12-/m1/s1. The van der Waals surface area contributed by atoms with Crippen molar-refractivity contribution >= 4 is 5.91 Å². The highest BCUT2D eigenvalue weighted by atomic mass is 16.1. The molecule has 1 aromatic carbocycles. The molecule has 1 aromatic heterocycles. The monoisotopic (exact) mass is 287 g/mol. The average molecular weight is 287 g/mol. The number of carbonyl (C=O) groups excluding carboxylic acids is 1. The zero-order chi connectivity index (χ0) is 15.1. The van der Waals surface area contributed by atoms with Crippen LogP contribution < -0.4 is 10.6 Å². The molecule has 0 aliphatic heterocycles. The highest BCUT2D eigenvalue weighted by Gasteiger charge is 2.12. The van der Waals surface area contributed by atoms with Gasteiger partial charge < -0.3 is 10.6 Å². The largest absolute Gasteiger partial charge is 0.350 e. The van der Waals surface area contributed by atoms with E-state index in [1.807, 2.05) is 38.1 Å². The van der Waals surface area contributed by atoms with E-state index in [1.54, 1.807) is 11.0 Å². The van der Waals surface area contributed by atoms with E-state index in [0.717, 1.165) is 12.1 Å². The molecule has 0 aliphatic carbocycles. The first kappa shape index (κ1) is 15.2. The number of amides is 1. The second-order valence-corrected chi connectivity index (χ2v) is 4.92. The van der Waals surface area contributed by atoms with E-state index in [1.165, 1.54) is 6.33 Å². The van der Waals surface area contributed by atoms with Crippen molar-refractivity contribution < 1.29 is 4.79 Å². The third-order valence-corrected chi connectivity index (χ3v) is 3.18. The van der Waals surface area contributed by atoms with Crippen molar-refractivity contribution in [3.05, 3.63) is 48.0 Å². The van der Waals surface area contributed by atoms with Crippen molar-refractivity contribution in [2.45, 2.75) is 26.4 Å². The summed E-state index contributed by atoms with van der Waals surface area (Å²) < 4.78 is 1.70. The summed E-state index contributed by atoms with van der Waals surface area (Å²) >= 11 is 0. The van der Waals surface area contributed by atoms with E-state index in [0.29, 0.717) is 18.7 Å². The molecule has 1 heterocycles. The van der Waals surface area contributed by atoms with Gasteiger partial charge in [0.2, 0.25) is 0 Å². The Bertz CT molecular complexity index is 567. The van der Waals surface area contributed by atoms with Gasteiger partial charge in [-0.05, 0) is 25.1 Å². The second-order valence-electron chi connectivity index (χ2n) is 4.92. The van der Waals surface area contributed by atoms with Gasteiger partial charge >= 0.3 is 0 Å². The fourth-order valence-electron chi connectivity index (χ4n) is 2.13. The molecule has 0 unspecified atom stereocenters. The average Bonchev–Trinajstić information content (AvgIpc) is 2.99. The Morgan fingerprint density at radius 2 is 2.19 bits per heavy atom. The molecule has 2 rings (SSSR count). The molecule has 0 saturated heterocycles. The molecule has 0 spiro atoms. The summed E-state index contributed by atoms with van der Waals surface area (Å²) in [7, 11) is 0. The second kappa shape index (κ2) is 7.54. The van der Waals surface area contributed by atoms with Crippen LogP contribution >= 0.6 is 0 Å². The molecule has 0 fully saturated rings. The van der Waals surface area contributed by atoms with E-state index in [9.17, 15) is 4.79 Å². The van der Waals surface area contributed by atoms with E-state index in [-0.39, 0.29) is 11.9 Å². The van der Waals surface area contributed by atoms with Crippen LogP contribution in [-0.2, 0) is 6.54 Å². The summed E-state index contributed by atoms with van der Waals surface area (Å²) in [5.41, 5.74) is 1.60. The summed E-state index contributed by atoms with van der Waals surface area (Å²) in [6.07, 6.45) is 3.13. The maximum atomic E-state index is 12.3. The predicted octanol–water partition coefficient (Wildman–Crippen LogP) is 1.05. The number of nitrogens with one attached hydrogen (secondary N) is 2. The summed E-state index contributed by atoms with van der Waals surface area (Å²) in [6, 6.07) is 7.81. The molecule has 2 N–H and O–H groups in total. The van der Waals surface area contributed by atoms with Crippen LogP contribution in [-0.4, -0.2) is 39.8 Å². The van der Waals surface area contributed by atoms with E-state index in [4.69, 9.17) is 0 Å². The summed E-state index contributed by atoms with van der Waals surface area (Å²) in [6.45, 7) is 6.12. The van der Waals surface area contributed by atoms with Crippen LogP contribution in [0.5, 0.6) is 0 Å². The van der Waals surface area contributed by atoms with Gasteiger partial charge in [-0.1, -0.05) is 25.1 Å². The quantitative estimate of drug-likeness (QED) is 0.798. The molecule has 0 bridgehead atoms. The summed E-state index contributed by atoms with van der Waals surface area (Å²) in [5.74, 6) is -0.0598. The van der Waals surface area contributed by atoms with Crippen molar-refractivity contribution in [3.63, 3.8) is 0 Å². The zero-order valence-corrected chi connectivity index (χ0v) is 12.4. The lowest BCUT2D eigenvalue weighted by Gasteiger charge is -2.14. The first-order valence-corrected chi connectivity index (χ1v) is 7.12. The molecule has 21 heavy (non-hydrogen) atoms. The topological polar surface area (TPSA) is 71.8 Å². The lowest BCUT2D eigenvalue weighted by Crippen LogP contribution is -2.39. The Kier molecular flexibility index (Phi) is 5.45. The van der Waals surface area contributed by atoms with Gasteiger partial charge in [0.1, 0.15) is 12.7 Å². The Balaban J connectivity index is 2.03. The minimum absolute atomic E-state index is 0.0598. The van der Waals surface area contributed by atoms with E-state index >= 15 is 0 Å². The maximum absolute atomic E-state index is 12.3. The number of aromatic nitrogens is 3. The van der Waals surface area contributed by atoms with Crippen molar-refractivity contribution in [2.75, 3.05) is 13.1 Å². The number of rotatable bonds is 7. The molecule has 112 valence electrons. The van der Waals surface area contributed by atoms with Crippen LogP contribution in [0, 0.1) is 0 Å². The Morgan fingerprint density at radius 1 is 1.38 bits per heavy atom. The van der Waals surface area contributed by atoms with Crippen molar-refractivity contribution in [1.82, 2.24) is 25.4 Å². The van der Waals surface area contributed by atoms with Crippen molar-refractivity contribution in [1.29, 1.82) is 0 Å². The number of hydrogen-bond acceptors (Lipinski definition) is 4. The van der Waals surface area contributed by atoms with Crippen LogP contribution in [0.3, 0.4) is 0 Å². The lowest BCUT2D eigenvalue weighted by molar-refractivity contribution is 0.0949. The fraction of sp³-hybridized carbons (Fsp3) is 0.400. The highest BCUT2D eigenvalue weighted by molar-refractivity contribution is 5.95. The lowest BCUT2D eigenvalue weighted by atomic mass is 10.1. The molecular weight excluding hydrogens is 266 g/mol. The molecule has 2 aromatic rings. The van der Waals surface area contributed by atoms with Crippen LogP contribution in [0.2, 0.25) is 0 Å². The van der Waals surface area contributed by atoms with E-state index < -0.39 is 0 Å². The molecule has 1 amide bonds. The molecule has 6 heteroatoms. The van der Waals surface area contributed by atoms with Gasteiger partial charge in [-0.3, -0.25) is 4.79 Å². The molecule has 0 aliphatic rings. The number of nitrogens with zero attached hydrogens (tertiary/aromatic N) is 3. The SMILES string of the molecule is CCN[C@H](C)CNC(=O)c1ccccc1Cn1cncn1. The van der Waals surface area contributed by atoms with Gasteiger partial charge in [0.15, 0.2) is 0 Å². The van der Waals surface area contributed by atoms with Gasteiger partial charge in [0.05, 0.1) is 6.54 Å². The number of hydrogen-bond donors (Lipinski definition) is 2. The highest BCUT2D eigenvalue weighted by Crippen LogP contribution is 2.10. The molecule has 0 saturated carbocycles. The van der Waals surface area contributed by atoms with Gasteiger partial charge in [0.25, 0.3) is 5.91 Å². The molecule has 1 atom stereocenters. The van der Waals surface area contributed by atoms with Crippen molar-refractivity contribution in [3.8, 4) is 0 Å². The first-order chi connectivity index (χ1) is 10.2. The summed E-state index contributed by atoms with van der Waals surface area (Å²) in [5, 5.41) is 10.3. The minimum Gasteiger partial charge on any atom is -0.350 e. The van der Waals surface area contributed by atoms with Crippen LogP contribution in [0.4, 0.5) is 0 Å². The predicted molar refractivity (Wildman–Crippen MR) is 81.0 cm³/mol. The normalized spacial score (nSPS) is 12.1. The minimum atomic E-state index is -0.0598. The molecular formula is C15H21N5O. The zero-order valence-electron chi connectivity index (χ0n) is 12.4. The van der Waals surface area contributed by atoms with E-state index in [2.05, 4.69) is 20.7 Å². The van der Waals surface area contributed by atoms with Crippen LogP contribution in [0.25, 0.3) is 0 Å². The Morgan fingerprint density at radius 3 is 2.90 bits per heavy atom. The van der Waals surface area contributed by atoms with Crippen molar-refractivity contribution in [2.24, 2.45) is 0 Å². The van der Waals surface area contributed by atoms with Crippen LogP contribution in [0.1, 0.15) is 29.8 Å². The van der Waals surface area contributed by atoms with Gasteiger partial charge in [-0.25, -0.2) is 9.67 Å². The number of benzene rings is 1. The third kappa shape index (κ3) is 4.39. The Hall–Kier alpha value is -2.21. The van der Waals surface area contributed by atoms with Gasteiger partial charge in [-0.15, -0.1) is 0 Å². The number of likely N-dealkylation sites (N-methyl/N-ethyl adjacent to an activating group) is 1. The molecule has 0 radical (unpaired) electrons. The third-order valence-electron chi connectivity index (χ3n) is 3.18. The smallest absolute Gasteiger partial charge is 0.251 e. The Labute approximate surface area is 124 Å².